The predicted molar refractivity (Wildman–Crippen MR) is 51.5 cm³/mol. The van der Waals surface area contributed by atoms with Gasteiger partial charge in [-0.25, -0.2) is 8.78 Å². The molecule has 0 fully saturated rings. The van der Waals surface area contributed by atoms with Crippen LogP contribution in [0.5, 0.6) is 5.75 Å². The third-order valence-electron chi connectivity index (χ3n) is 2.12. The SMILES string of the molecule is CCOc1c(F)c(F)c(C(C)C)c(F)c1F. The monoisotopic (exact) mass is 236 g/mol. The van der Waals surface area contributed by atoms with Gasteiger partial charge in [0.15, 0.2) is 17.4 Å². The maximum absolute atomic E-state index is 13.4. The Bertz CT molecular complexity index is 372. The Morgan fingerprint density at radius 2 is 1.38 bits per heavy atom. The summed E-state index contributed by atoms with van der Waals surface area (Å²) in [6, 6.07) is 0. The van der Waals surface area contributed by atoms with Gasteiger partial charge >= 0.3 is 0 Å². The van der Waals surface area contributed by atoms with E-state index in [0.29, 0.717) is 0 Å². The summed E-state index contributed by atoms with van der Waals surface area (Å²) in [7, 11) is 0. The van der Waals surface area contributed by atoms with Crippen LogP contribution < -0.4 is 4.74 Å². The summed E-state index contributed by atoms with van der Waals surface area (Å²) in [5.41, 5.74) is -0.599. The van der Waals surface area contributed by atoms with Gasteiger partial charge in [-0.2, -0.15) is 8.78 Å². The van der Waals surface area contributed by atoms with Gasteiger partial charge in [0.2, 0.25) is 11.6 Å². The standard InChI is InChI=1S/C11H12F4O/c1-4-16-11-9(14)7(12)6(5(2)3)8(13)10(11)15/h5H,4H2,1-3H3. The molecule has 0 bridgehead atoms. The van der Waals surface area contributed by atoms with E-state index in [-0.39, 0.29) is 6.61 Å². The number of hydrogen-bond donors (Lipinski definition) is 0. The number of hydrogen-bond acceptors (Lipinski definition) is 1. The van der Waals surface area contributed by atoms with E-state index >= 15 is 0 Å². The van der Waals surface area contributed by atoms with Crippen molar-refractivity contribution in [1.29, 1.82) is 0 Å². The number of benzene rings is 1. The van der Waals surface area contributed by atoms with Crippen molar-refractivity contribution in [2.45, 2.75) is 26.7 Å². The van der Waals surface area contributed by atoms with Crippen LogP contribution in [0.25, 0.3) is 0 Å². The Morgan fingerprint density at radius 3 is 1.69 bits per heavy atom. The fraction of sp³-hybridized carbons (Fsp3) is 0.455. The van der Waals surface area contributed by atoms with Crippen LogP contribution in [0.15, 0.2) is 0 Å². The van der Waals surface area contributed by atoms with Crippen molar-refractivity contribution in [3.05, 3.63) is 28.8 Å². The molecule has 0 amide bonds. The molecule has 0 N–H and O–H groups in total. The summed E-state index contributed by atoms with van der Waals surface area (Å²) in [4.78, 5) is 0. The summed E-state index contributed by atoms with van der Waals surface area (Å²) in [6.45, 7) is 4.28. The van der Waals surface area contributed by atoms with E-state index in [4.69, 9.17) is 0 Å². The highest BCUT2D eigenvalue weighted by molar-refractivity contribution is 5.35. The van der Waals surface area contributed by atoms with E-state index in [1.807, 2.05) is 0 Å². The van der Waals surface area contributed by atoms with Crippen LogP contribution in [0.4, 0.5) is 17.6 Å². The zero-order valence-electron chi connectivity index (χ0n) is 9.20. The van der Waals surface area contributed by atoms with Gasteiger partial charge in [0.1, 0.15) is 0 Å². The Balaban J connectivity index is 3.50. The summed E-state index contributed by atoms with van der Waals surface area (Å²) in [6.07, 6.45) is 0. The largest absolute Gasteiger partial charge is 0.488 e. The third kappa shape index (κ3) is 1.99. The van der Waals surface area contributed by atoms with Crippen LogP contribution in [-0.4, -0.2) is 6.61 Å². The molecule has 0 spiro atoms. The topological polar surface area (TPSA) is 9.23 Å². The Labute approximate surface area is 91.0 Å². The fourth-order valence-electron chi connectivity index (χ4n) is 1.41. The molecule has 0 saturated heterocycles. The molecule has 5 heteroatoms. The first-order chi connectivity index (χ1) is 7.41. The minimum absolute atomic E-state index is 0.0756. The Morgan fingerprint density at radius 1 is 0.938 bits per heavy atom. The van der Waals surface area contributed by atoms with E-state index in [9.17, 15) is 17.6 Å². The molecule has 0 aliphatic carbocycles. The van der Waals surface area contributed by atoms with E-state index < -0.39 is 40.5 Å². The molecule has 1 aromatic rings. The predicted octanol–water partition coefficient (Wildman–Crippen LogP) is 3.77. The third-order valence-corrected chi connectivity index (χ3v) is 2.12. The molecular weight excluding hydrogens is 224 g/mol. The Kier molecular flexibility index (Phi) is 3.78. The second-order valence-corrected chi connectivity index (χ2v) is 3.59. The van der Waals surface area contributed by atoms with Crippen molar-refractivity contribution in [3.63, 3.8) is 0 Å². The highest BCUT2D eigenvalue weighted by Gasteiger charge is 2.27. The van der Waals surface area contributed by atoms with Gasteiger partial charge in [-0.15, -0.1) is 0 Å². The van der Waals surface area contributed by atoms with Crippen LogP contribution in [0.3, 0.4) is 0 Å². The number of ether oxygens (including phenoxy) is 1. The number of halogens is 4. The van der Waals surface area contributed by atoms with Crippen LogP contribution >= 0.6 is 0 Å². The molecule has 0 aliphatic rings. The smallest absolute Gasteiger partial charge is 0.204 e. The van der Waals surface area contributed by atoms with Crippen LogP contribution in [0.1, 0.15) is 32.3 Å². The molecule has 0 saturated carbocycles. The van der Waals surface area contributed by atoms with E-state index in [1.165, 1.54) is 20.8 Å². The average molecular weight is 236 g/mol. The molecule has 1 aromatic carbocycles. The molecule has 16 heavy (non-hydrogen) atoms. The summed E-state index contributed by atoms with van der Waals surface area (Å²) in [5.74, 6) is -7.40. The summed E-state index contributed by atoms with van der Waals surface area (Å²) < 4.78 is 58.1. The molecule has 0 aliphatic heterocycles. The van der Waals surface area contributed by atoms with Gasteiger partial charge in [0.05, 0.1) is 6.61 Å². The van der Waals surface area contributed by atoms with E-state index in [0.717, 1.165) is 0 Å². The summed E-state index contributed by atoms with van der Waals surface area (Å²) >= 11 is 0. The van der Waals surface area contributed by atoms with Crippen molar-refractivity contribution in [1.82, 2.24) is 0 Å². The molecule has 1 rings (SSSR count). The lowest BCUT2D eigenvalue weighted by Gasteiger charge is -2.13. The molecule has 0 heterocycles. The van der Waals surface area contributed by atoms with Crippen molar-refractivity contribution in [3.8, 4) is 5.75 Å². The van der Waals surface area contributed by atoms with Crippen molar-refractivity contribution in [2.24, 2.45) is 0 Å². The number of rotatable bonds is 3. The Hall–Kier alpha value is -1.26. The first-order valence-electron chi connectivity index (χ1n) is 4.90. The van der Waals surface area contributed by atoms with Crippen molar-refractivity contribution < 1.29 is 22.3 Å². The highest BCUT2D eigenvalue weighted by atomic mass is 19.2. The van der Waals surface area contributed by atoms with E-state index in [1.54, 1.807) is 0 Å². The maximum Gasteiger partial charge on any atom is 0.204 e. The molecule has 0 aromatic heterocycles. The minimum atomic E-state index is -1.48. The van der Waals surface area contributed by atoms with Gasteiger partial charge in [-0.3, -0.25) is 0 Å². The molecule has 0 radical (unpaired) electrons. The second-order valence-electron chi connectivity index (χ2n) is 3.59. The molecule has 0 atom stereocenters. The summed E-state index contributed by atoms with van der Waals surface area (Å²) in [5, 5.41) is 0. The fourth-order valence-corrected chi connectivity index (χ4v) is 1.41. The van der Waals surface area contributed by atoms with Gasteiger partial charge in [-0.1, -0.05) is 13.8 Å². The highest BCUT2D eigenvalue weighted by Crippen LogP contribution is 2.33. The van der Waals surface area contributed by atoms with E-state index in [2.05, 4.69) is 4.74 Å². The molecule has 1 nitrogen and oxygen atoms in total. The molecular formula is C11H12F4O. The van der Waals surface area contributed by atoms with Gasteiger partial charge in [0, 0.05) is 5.56 Å². The first-order valence-corrected chi connectivity index (χ1v) is 4.90. The minimum Gasteiger partial charge on any atom is -0.488 e. The van der Waals surface area contributed by atoms with Crippen LogP contribution in [0, 0.1) is 23.3 Å². The quantitative estimate of drug-likeness (QED) is 0.573. The lowest BCUT2D eigenvalue weighted by Crippen LogP contribution is -2.09. The van der Waals surface area contributed by atoms with Crippen molar-refractivity contribution >= 4 is 0 Å². The maximum atomic E-state index is 13.4. The normalized spacial score (nSPS) is 11.0. The van der Waals surface area contributed by atoms with Crippen LogP contribution in [-0.2, 0) is 0 Å². The lowest BCUT2D eigenvalue weighted by atomic mass is 10.0. The lowest BCUT2D eigenvalue weighted by molar-refractivity contribution is 0.284. The zero-order chi connectivity index (χ0) is 12.5. The van der Waals surface area contributed by atoms with Gasteiger partial charge < -0.3 is 4.74 Å². The second kappa shape index (κ2) is 4.72. The first kappa shape index (κ1) is 12.8. The molecule has 90 valence electrons. The van der Waals surface area contributed by atoms with Gasteiger partial charge in [0.25, 0.3) is 0 Å². The van der Waals surface area contributed by atoms with Crippen LogP contribution in [0.2, 0.25) is 0 Å². The molecule has 0 unspecified atom stereocenters. The average Bonchev–Trinajstić information content (AvgIpc) is 2.21. The zero-order valence-corrected chi connectivity index (χ0v) is 9.20. The van der Waals surface area contributed by atoms with Crippen molar-refractivity contribution in [2.75, 3.05) is 6.61 Å². The van der Waals surface area contributed by atoms with Gasteiger partial charge in [-0.05, 0) is 12.8 Å².